The predicted octanol–water partition coefficient (Wildman–Crippen LogP) is -1.25. The third kappa shape index (κ3) is 5.02. The molecule has 0 aromatic heterocycles. The molecule has 2 nitrogen and oxygen atoms in total. The summed E-state index contributed by atoms with van der Waals surface area (Å²) in [6.07, 6.45) is 0. The Morgan fingerprint density at radius 1 is 1.25 bits per heavy atom. The Bertz CT molecular complexity index is 465. The second kappa shape index (κ2) is 8.01. The van der Waals surface area contributed by atoms with Crippen LogP contribution in [0.15, 0.2) is 17.0 Å². The third-order valence-electron chi connectivity index (χ3n) is 3.49. The molecule has 1 aromatic carbocycles. The molecule has 1 heterocycles. The summed E-state index contributed by atoms with van der Waals surface area (Å²) in [5, 5.41) is 3.23. The van der Waals surface area contributed by atoms with Gasteiger partial charge < -0.3 is 18.3 Å². The molecule has 0 saturated carbocycles. The van der Waals surface area contributed by atoms with E-state index in [2.05, 4.69) is 22.8 Å². The first-order valence-corrected chi connectivity index (χ1v) is 6.78. The molecule has 8 heteroatoms. The fraction of sp³-hybridized carbons (Fsp3) is 0.500. The minimum Gasteiger partial charge on any atom is -0.445 e. The zero-order valence-corrected chi connectivity index (χ0v) is 15.8. The molecule has 0 atom stereocenters. The predicted molar refractivity (Wildman–Crippen MR) is 75.3 cm³/mol. The van der Waals surface area contributed by atoms with E-state index in [0.717, 1.165) is 43.4 Å². The zero-order chi connectivity index (χ0) is 14.0. The van der Waals surface area contributed by atoms with Crippen LogP contribution in [-0.2, 0) is 6.54 Å². The number of hydrogen-bond donors (Lipinski definition) is 2. The van der Waals surface area contributed by atoms with Gasteiger partial charge in [0.25, 0.3) is 0 Å². The standard InChI is InChI=1S/C12H17BF3N2S.K/c1-9-10(8-18-4-2-17-3-5-18)6-11(7-12(9)19)13(14,15)16;/h6-7,17,19H,2-5,8H2,1H3;/q-1;+1. The van der Waals surface area contributed by atoms with E-state index in [0.29, 0.717) is 11.4 Å². The second-order valence-corrected chi connectivity index (χ2v) is 5.41. The maximum absolute atomic E-state index is 12.9. The van der Waals surface area contributed by atoms with Crippen molar-refractivity contribution in [2.45, 2.75) is 18.4 Å². The largest absolute Gasteiger partial charge is 1.00 e. The van der Waals surface area contributed by atoms with Gasteiger partial charge in [0.1, 0.15) is 0 Å². The molecule has 1 saturated heterocycles. The van der Waals surface area contributed by atoms with E-state index in [1.165, 1.54) is 6.07 Å². The Morgan fingerprint density at radius 2 is 1.85 bits per heavy atom. The maximum Gasteiger partial charge on any atom is 1.00 e. The van der Waals surface area contributed by atoms with Gasteiger partial charge in [-0.25, -0.2) is 0 Å². The number of hydrogen-bond acceptors (Lipinski definition) is 3. The van der Waals surface area contributed by atoms with E-state index >= 15 is 0 Å². The van der Waals surface area contributed by atoms with E-state index in [4.69, 9.17) is 0 Å². The topological polar surface area (TPSA) is 15.3 Å². The van der Waals surface area contributed by atoms with Crippen molar-refractivity contribution in [2.75, 3.05) is 26.2 Å². The van der Waals surface area contributed by atoms with Crippen molar-refractivity contribution in [3.8, 4) is 0 Å². The van der Waals surface area contributed by atoms with E-state index in [9.17, 15) is 12.9 Å². The van der Waals surface area contributed by atoms with Gasteiger partial charge in [-0.2, -0.15) is 0 Å². The first-order valence-electron chi connectivity index (χ1n) is 6.33. The van der Waals surface area contributed by atoms with Crippen LogP contribution >= 0.6 is 12.6 Å². The number of benzene rings is 1. The molecular formula is C12H17BF3KN2S. The summed E-state index contributed by atoms with van der Waals surface area (Å²) in [4.78, 5) is 2.58. The Labute approximate surface area is 165 Å². The molecule has 1 aliphatic rings. The Kier molecular flexibility index (Phi) is 7.62. The molecule has 1 N–H and O–H groups in total. The van der Waals surface area contributed by atoms with Crippen LogP contribution in [0.2, 0.25) is 0 Å². The van der Waals surface area contributed by atoms with Gasteiger partial charge in [0.05, 0.1) is 0 Å². The average molecular weight is 328 g/mol. The Morgan fingerprint density at radius 3 is 2.40 bits per heavy atom. The summed E-state index contributed by atoms with van der Waals surface area (Å²) in [5.74, 6) is 0. The number of nitrogens with one attached hydrogen (secondary N) is 1. The molecule has 20 heavy (non-hydrogen) atoms. The van der Waals surface area contributed by atoms with Crippen molar-refractivity contribution in [1.29, 1.82) is 0 Å². The fourth-order valence-electron chi connectivity index (χ4n) is 2.25. The summed E-state index contributed by atoms with van der Waals surface area (Å²) < 4.78 is 38.6. The number of nitrogens with zero attached hydrogens (tertiary/aromatic N) is 1. The minimum atomic E-state index is -4.97. The molecule has 2 rings (SSSR count). The van der Waals surface area contributed by atoms with E-state index in [1.54, 1.807) is 0 Å². The van der Waals surface area contributed by atoms with Crippen molar-refractivity contribution in [1.82, 2.24) is 10.2 Å². The minimum absolute atomic E-state index is 0. The van der Waals surface area contributed by atoms with Crippen LogP contribution in [0.5, 0.6) is 0 Å². The fourth-order valence-corrected chi connectivity index (χ4v) is 2.54. The summed E-state index contributed by atoms with van der Waals surface area (Å²) in [7, 11) is 0. The number of rotatable bonds is 3. The molecule has 0 bridgehead atoms. The van der Waals surface area contributed by atoms with Gasteiger partial charge in [0.2, 0.25) is 0 Å². The number of thiol groups is 1. The van der Waals surface area contributed by atoms with Gasteiger partial charge in [0.15, 0.2) is 0 Å². The molecule has 0 unspecified atom stereocenters. The molecule has 1 aliphatic heterocycles. The van der Waals surface area contributed by atoms with Crippen molar-refractivity contribution in [3.05, 3.63) is 23.3 Å². The number of piperazine rings is 1. The molecule has 0 spiro atoms. The first kappa shape index (κ1) is 19.0. The summed E-state index contributed by atoms with van der Waals surface area (Å²) in [5.41, 5.74) is 1.01. The first-order chi connectivity index (χ1) is 8.88. The van der Waals surface area contributed by atoms with E-state index < -0.39 is 12.4 Å². The Hall–Kier alpha value is 0.981. The zero-order valence-electron chi connectivity index (χ0n) is 11.8. The second-order valence-electron chi connectivity index (χ2n) is 4.93. The van der Waals surface area contributed by atoms with Gasteiger partial charge in [-0.15, -0.1) is 18.1 Å². The van der Waals surface area contributed by atoms with E-state index in [-0.39, 0.29) is 51.4 Å². The molecule has 1 aromatic rings. The van der Waals surface area contributed by atoms with Crippen LogP contribution in [0.25, 0.3) is 0 Å². The molecule has 1 fully saturated rings. The van der Waals surface area contributed by atoms with Crippen molar-refractivity contribution < 1.29 is 64.3 Å². The number of halogens is 3. The van der Waals surface area contributed by atoms with Gasteiger partial charge in [-0.3, -0.25) is 4.90 Å². The third-order valence-corrected chi connectivity index (χ3v) is 3.96. The van der Waals surface area contributed by atoms with Crippen LogP contribution < -0.4 is 62.2 Å². The van der Waals surface area contributed by atoms with Crippen LogP contribution in [0.1, 0.15) is 11.1 Å². The van der Waals surface area contributed by atoms with Crippen LogP contribution in [0.3, 0.4) is 0 Å². The molecule has 0 radical (unpaired) electrons. The van der Waals surface area contributed by atoms with Crippen molar-refractivity contribution in [3.63, 3.8) is 0 Å². The van der Waals surface area contributed by atoms with Crippen LogP contribution in [0, 0.1) is 6.92 Å². The smallest absolute Gasteiger partial charge is 0.445 e. The monoisotopic (exact) mass is 328 g/mol. The summed E-state index contributed by atoms with van der Waals surface area (Å²) in [6.45, 7) is 0.912. The van der Waals surface area contributed by atoms with Gasteiger partial charge in [-0.1, -0.05) is 12.1 Å². The summed E-state index contributed by atoms with van der Waals surface area (Å²) >= 11 is 4.17. The van der Waals surface area contributed by atoms with E-state index in [1.807, 2.05) is 6.92 Å². The summed E-state index contributed by atoms with van der Waals surface area (Å²) in [6, 6.07) is 2.40. The molecule has 0 amide bonds. The van der Waals surface area contributed by atoms with Gasteiger partial charge in [-0.05, 0) is 18.1 Å². The maximum atomic E-state index is 12.9. The van der Waals surface area contributed by atoms with Gasteiger partial charge in [0, 0.05) is 37.6 Å². The quantitative estimate of drug-likeness (QED) is 0.532. The van der Waals surface area contributed by atoms with Crippen LogP contribution in [0.4, 0.5) is 12.9 Å². The normalized spacial score (nSPS) is 16.9. The molecular weight excluding hydrogens is 311 g/mol. The molecule has 106 valence electrons. The van der Waals surface area contributed by atoms with Crippen molar-refractivity contribution in [2.24, 2.45) is 0 Å². The van der Waals surface area contributed by atoms with Gasteiger partial charge >= 0.3 is 58.4 Å². The molecule has 0 aliphatic carbocycles. The SMILES string of the molecule is Cc1c(S)cc([B-](F)(F)F)cc1CN1CCNCC1.[K+]. The Balaban J connectivity index is 0.00000200. The van der Waals surface area contributed by atoms with Crippen molar-refractivity contribution >= 4 is 25.1 Å². The van der Waals surface area contributed by atoms with Crippen LogP contribution in [-0.4, -0.2) is 38.1 Å². The average Bonchev–Trinajstić information content (AvgIpc) is 2.34.